The Morgan fingerprint density at radius 2 is 1.93 bits per heavy atom. The lowest BCUT2D eigenvalue weighted by Crippen LogP contribution is -2.10. The molecule has 0 radical (unpaired) electrons. The van der Waals surface area contributed by atoms with Gasteiger partial charge in [0.25, 0.3) is 0 Å². The maximum atomic E-state index is 12.7. The number of methoxy groups -OCH3 is 1. The van der Waals surface area contributed by atoms with Gasteiger partial charge in [-0.1, -0.05) is 15.9 Å². The van der Waals surface area contributed by atoms with Gasteiger partial charge in [0.1, 0.15) is 5.75 Å². The summed E-state index contributed by atoms with van der Waals surface area (Å²) in [5.41, 5.74) is 0.179. The van der Waals surface area contributed by atoms with E-state index in [2.05, 4.69) is 15.9 Å². The highest BCUT2D eigenvalue weighted by molar-refractivity contribution is 9.08. The Labute approximate surface area is 94.4 Å². The van der Waals surface area contributed by atoms with Crippen LogP contribution >= 0.6 is 15.9 Å². The Morgan fingerprint density at radius 3 is 2.33 bits per heavy atom. The summed E-state index contributed by atoms with van der Waals surface area (Å²) >= 11 is 3.06. The van der Waals surface area contributed by atoms with Crippen molar-refractivity contribution in [3.05, 3.63) is 28.8 Å². The summed E-state index contributed by atoms with van der Waals surface area (Å²) in [5.74, 6) is 0.226. The molecule has 84 valence electrons. The standard InChI is InChI=1S/C10H10BrF3O/c1-6-3-7(15-2)4-9(8(6)5-11)10(12,13)14/h3-4H,5H2,1-2H3. The minimum Gasteiger partial charge on any atom is -0.497 e. The molecule has 0 aromatic heterocycles. The van der Waals surface area contributed by atoms with Crippen LogP contribution in [0.1, 0.15) is 16.7 Å². The smallest absolute Gasteiger partial charge is 0.416 e. The van der Waals surface area contributed by atoms with Crippen LogP contribution in [0.5, 0.6) is 5.75 Å². The maximum Gasteiger partial charge on any atom is 0.416 e. The van der Waals surface area contributed by atoms with Crippen molar-refractivity contribution in [3.8, 4) is 5.75 Å². The molecule has 0 heterocycles. The van der Waals surface area contributed by atoms with Crippen LogP contribution < -0.4 is 4.74 Å². The zero-order chi connectivity index (χ0) is 11.6. The quantitative estimate of drug-likeness (QED) is 0.747. The average Bonchev–Trinajstić information content (AvgIpc) is 2.15. The molecule has 0 spiro atoms. The molecule has 0 fully saturated rings. The second-order valence-electron chi connectivity index (χ2n) is 3.10. The molecule has 15 heavy (non-hydrogen) atoms. The molecule has 0 saturated heterocycles. The monoisotopic (exact) mass is 282 g/mol. The summed E-state index contributed by atoms with van der Waals surface area (Å²) in [4.78, 5) is 0. The second kappa shape index (κ2) is 4.43. The Kier molecular flexibility index (Phi) is 3.65. The largest absolute Gasteiger partial charge is 0.497 e. The molecular formula is C10H10BrF3O. The molecule has 1 nitrogen and oxygen atoms in total. The van der Waals surface area contributed by atoms with E-state index in [0.29, 0.717) is 5.56 Å². The minimum atomic E-state index is -4.34. The molecule has 0 atom stereocenters. The first-order valence-electron chi connectivity index (χ1n) is 4.20. The number of alkyl halides is 4. The number of ether oxygens (including phenoxy) is 1. The molecule has 0 aliphatic heterocycles. The van der Waals surface area contributed by atoms with Crippen molar-refractivity contribution < 1.29 is 17.9 Å². The summed E-state index contributed by atoms with van der Waals surface area (Å²) in [6.45, 7) is 1.63. The molecule has 0 saturated carbocycles. The lowest BCUT2D eigenvalue weighted by atomic mass is 10.0. The van der Waals surface area contributed by atoms with Crippen molar-refractivity contribution >= 4 is 15.9 Å². The van der Waals surface area contributed by atoms with Gasteiger partial charge in [-0.15, -0.1) is 0 Å². The number of benzene rings is 1. The Bertz CT molecular complexity index is 360. The van der Waals surface area contributed by atoms with Crippen LogP contribution in [0.25, 0.3) is 0 Å². The number of rotatable bonds is 2. The fraction of sp³-hybridized carbons (Fsp3) is 0.400. The summed E-state index contributed by atoms with van der Waals surface area (Å²) < 4.78 is 42.8. The highest BCUT2D eigenvalue weighted by atomic mass is 79.9. The van der Waals surface area contributed by atoms with Crippen LogP contribution in [0.2, 0.25) is 0 Å². The lowest BCUT2D eigenvalue weighted by Gasteiger charge is -2.15. The summed E-state index contributed by atoms with van der Waals surface area (Å²) in [7, 11) is 1.35. The summed E-state index contributed by atoms with van der Waals surface area (Å²) in [6.07, 6.45) is -4.34. The van der Waals surface area contributed by atoms with E-state index < -0.39 is 11.7 Å². The molecular weight excluding hydrogens is 273 g/mol. The third-order valence-corrected chi connectivity index (χ3v) is 2.68. The Balaban J connectivity index is 3.39. The van der Waals surface area contributed by atoms with E-state index in [0.717, 1.165) is 6.07 Å². The van der Waals surface area contributed by atoms with Gasteiger partial charge in [0, 0.05) is 5.33 Å². The molecule has 1 aromatic rings. The normalized spacial score (nSPS) is 11.6. The minimum absolute atomic E-state index is 0.178. The zero-order valence-electron chi connectivity index (χ0n) is 8.28. The van der Waals surface area contributed by atoms with Crippen molar-refractivity contribution in [2.45, 2.75) is 18.4 Å². The lowest BCUT2D eigenvalue weighted by molar-refractivity contribution is -0.138. The van der Waals surface area contributed by atoms with Gasteiger partial charge in [0.2, 0.25) is 0 Å². The number of hydrogen-bond donors (Lipinski definition) is 0. The van der Waals surface area contributed by atoms with Crippen molar-refractivity contribution in [1.82, 2.24) is 0 Å². The van der Waals surface area contributed by atoms with Gasteiger partial charge in [-0.2, -0.15) is 13.2 Å². The highest BCUT2D eigenvalue weighted by Crippen LogP contribution is 2.36. The highest BCUT2D eigenvalue weighted by Gasteiger charge is 2.34. The van der Waals surface area contributed by atoms with E-state index in [4.69, 9.17) is 4.74 Å². The van der Waals surface area contributed by atoms with Crippen molar-refractivity contribution in [2.24, 2.45) is 0 Å². The van der Waals surface area contributed by atoms with Gasteiger partial charge in [0.05, 0.1) is 12.7 Å². The molecule has 5 heteroatoms. The van der Waals surface area contributed by atoms with Crippen LogP contribution in [0.15, 0.2) is 12.1 Å². The van der Waals surface area contributed by atoms with E-state index in [1.807, 2.05) is 0 Å². The van der Waals surface area contributed by atoms with E-state index >= 15 is 0 Å². The molecule has 0 amide bonds. The fourth-order valence-corrected chi connectivity index (χ4v) is 2.08. The number of hydrogen-bond acceptors (Lipinski definition) is 1. The van der Waals surface area contributed by atoms with E-state index in [1.165, 1.54) is 7.11 Å². The zero-order valence-corrected chi connectivity index (χ0v) is 9.87. The first kappa shape index (κ1) is 12.4. The van der Waals surface area contributed by atoms with Crippen LogP contribution in [-0.4, -0.2) is 7.11 Å². The molecule has 1 rings (SSSR count). The van der Waals surface area contributed by atoms with Gasteiger partial charge in [0.15, 0.2) is 0 Å². The van der Waals surface area contributed by atoms with Gasteiger partial charge >= 0.3 is 6.18 Å². The number of aryl methyl sites for hydroxylation is 1. The molecule has 0 bridgehead atoms. The second-order valence-corrected chi connectivity index (χ2v) is 3.66. The van der Waals surface area contributed by atoms with E-state index in [9.17, 15) is 13.2 Å². The molecule has 0 unspecified atom stereocenters. The third-order valence-electron chi connectivity index (χ3n) is 2.12. The van der Waals surface area contributed by atoms with Crippen LogP contribution in [0.4, 0.5) is 13.2 Å². The Morgan fingerprint density at radius 1 is 1.33 bits per heavy atom. The van der Waals surface area contributed by atoms with Crippen LogP contribution in [-0.2, 0) is 11.5 Å². The Hall–Kier alpha value is -0.710. The average molecular weight is 283 g/mol. The topological polar surface area (TPSA) is 9.23 Å². The maximum absolute atomic E-state index is 12.7. The van der Waals surface area contributed by atoms with Crippen molar-refractivity contribution in [1.29, 1.82) is 0 Å². The van der Waals surface area contributed by atoms with E-state index in [1.54, 1.807) is 13.0 Å². The summed E-state index contributed by atoms with van der Waals surface area (Å²) in [6, 6.07) is 2.61. The molecule has 0 aliphatic rings. The van der Waals surface area contributed by atoms with Gasteiger partial charge in [-0.3, -0.25) is 0 Å². The predicted octanol–water partition coefficient (Wildman–Crippen LogP) is 3.92. The third kappa shape index (κ3) is 2.65. The van der Waals surface area contributed by atoms with E-state index in [-0.39, 0.29) is 16.6 Å². The van der Waals surface area contributed by atoms with Crippen molar-refractivity contribution in [3.63, 3.8) is 0 Å². The summed E-state index contributed by atoms with van der Waals surface area (Å²) in [5, 5.41) is 0.178. The van der Waals surface area contributed by atoms with Crippen molar-refractivity contribution in [2.75, 3.05) is 7.11 Å². The van der Waals surface area contributed by atoms with Crippen LogP contribution in [0.3, 0.4) is 0 Å². The SMILES string of the molecule is COc1cc(C)c(CBr)c(C(F)(F)F)c1. The number of halogens is 4. The molecule has 1 aromatic carbocycles. The first-order chi connectivity index (χ1) is 6.90. The molecule has 0 aliphatic carbocycles. The first-order valence-corrected chi connectivity index (χ1v) is 5.33. The van der Waals surface area contributed by atoms with Gasteiger partial charge in [-0.25, -0.2) is 0 Å². The fourth-order valence-electron chi connectivity index (χ4n) is 1.33. The molecule has 0 N–H and O–H groups in total. The van der Waals surface area contributed by atoms with Gasteiger partial charge < -0.3 is 4.74 Å². The van der Waals surface area contributed by atoms with Crippen LogP contribution in [0, 0.1) is 6.92 Å². The van der Waals surface area contributed by atoms with Gasteiger partial charge in [-0.05, 0) is 30.2 Å². The predicted molar refractivity (Wildman–Crippen MR) is 55.4 cm³/mol.